The van der Waals surface area contributed by atoms with Crippen molar-refractivity contribution < 1.29 is 9.53 Å². The Labute approximate surface area is 111 Å². The molecule has 0 spiro atoms. The van der Waals surface area contributed by atoms with Gasteiger partial charge < -0.3 is 15.4 Å². The summed E-state index contributed by atoms with van der Waals surface area (Å²) >= 11 is 0. The van der Waals surface area contributed by atoms with Crippen LogP contribution in [-0.2, 0) is 4.74 Å². The van der Waals surface area contributed by atoms with E-state index >= 15 is 0 Å². The van der Waals surface area contributed by atoms with E-state index in [2.05, 4.69) is 24.5 Å². The maximum atomic E-state index is 11.8. The van der Waals surface area contributed by atoms with Gasteiger partial charge >= 0.3 is 6.09 Å². The minimum atomic E-state index is -0.431. The van der Waals surface area contributed by atoms with Crippen LogP contribution in [0, 0.1) is 0 Å². The van der Waals surface area contributed by atoms with Gasteiger partial charge in [0.1, 0.15) is 5.60 Å². The maximum Gasteiger partial charge on any atom is 0.407 e. The largest absolute Gasteiger partial charge is 0.444 e. The van der Waals surface area contributed by atoms with Crippen LogP contribution in [0.2, 0.25) is 0 Å². The second-order valence-corrected chi connectivity index (χ2v) is 6.47. The first-order chi connectivity index (χ1) is 8.28. The van der Waals surface area contributed by atoms with Gasteiger partial charge in [-0.1, -0.05) is 26.7 Å². The van der Waals surface area contributed by atoms with E-state index in [4.69, 9.17) is 4.74 Å². The van der Waals surface area contributed by atoms with Crippen LogP contribution in [0.25, 0.3) is 0 Å². The third-order valence-electron chi connectivity index (χ3n) is 3.02. The molecule has 18 heavy (non-hydrogen) atoms. The molecule has 1 amide bonds. The molecule has 0 heterocycles. The minimum absolute atomic E-state index is 0.191. The van der Waals surface area contributed by atoms with Crippen molar-refractivity contribution in [1.82, 2.24) is 10.6 Å². The molecule has 1 aliphatic carbocycles. The van der Waals surface area contributed by atoms with E-state index < -0.39 is 5.60 Å². The molecule has 1 aliphatic rings. The molecule has 0 saturated heterocycles. The molecule has 1 fully saturated rings. The predicted molar refractivity (Wildman–Crippen MR) is 73.7 cm³/mol. The Morgan fingerprint density at radius 3 is 2.22 bits per heavy atom. The van der Waals surface area contributed by atoms with Crippen LogP contribution in [0.3, 0.4) is 0 Å². The molecule has 0 bridgehead atoms. The Kier molecular flexibility index (Phi) is 5.45. The zero-order valence-corrected chi connectivity index (χ0v) is 12.4. The highest BCUT2D eigenvalue weighted by molar-refractivity contribution is 5.68. The van der Waals surface area contributed by atoms with Gasteiger partial charge in [-0.25, -0.2) is 4.79 Å². The minimum Gasteiger partial charge on any atom is -0.444 e. The van der Waals surface area contributed by atoms with Gasteiger partial charge in [-0.05, 0) is 33.6 Å². The number of nitrogens with one attached hydrogen (secondary N) is 2. The number of carbonyl (C=O) groups excluding carboxylic acids is 1. The van der Waals surface area contributed by atoms with Crippen molar-refractivity contribution in [2.45, 2.75) is 84.0 Å². The standard InChI is InChI=1S/C14H28N2O2/c1-10(2)15-11-8-6-7-9-12(11)16-13(17)18-14(3,4)5/h10-12,15H,6-9H2,1-5H3,(H,16,17)/t11-,12-/m1/s1. The molecule has 1 rings (SSSR count). The number of hydrogen-bond acceptors (Lipinski definition) is 3. The summed E-state index contributed by atoms with van der Waals surface area (Å²) in [4.78, 5) is 11.8. The molecular formula is C14H28N2O2. The summed E-state index contributed by atoms with van der Waals surface area (Å²) in [6.07, 6.45) is 4.26. The zero-order chi connectivity index (χ0) is 13.8. The van der Waals surface area contributed by atoms with Crippen molar-refractivity contribution in [2.24, 2.45) is 0 Å². The van der Waals surface area contributed by atoms with Crippen molar-refractivity contribution in [3.05, 3.63) is 0 Å². The average molecular weight is 256 g/mol. The van der Waals surface area contributed by atoms with Crippen LogP contribution in [-0.4, -0.2) is 29.8 Å². The number of alkyl carbamates (subject to hydrolysis) is 1. The van der Waals surface area contributed by atoms with Crippen LogP contribution in [0.1, 0.15) is 60.3 Å². The molecule has 4 nitrogen and oxygen atoms in total. The molecule has 0 aromatic heterocycles. The fourth-order valence-corrected chi connectivity index (χ4v) is 2.39. The Morgan fingerprint density at radius 1 is 1.17 bits per heavy atom. The predicted octanol–water partition coefficient (Wildman–Crippen LogP) is 2.82. The first kappa shape index (κ1) is 15.3. The first-order valence-corrected chi connectivity index (χ1v) is 7.03. The number of amides is 1. The molecule has 106 valence electrons. The van der Waals surface area contributed by atoms with Gasteiger partial charge in [0.2, 0.25) is 0 Å². The van der Waals surface area contributed by atoms with Crippen molar-refractivity contribution >= 4 is 6.09 Å². The molecule has 0 unspecified atom stereocenters. The lowest BCUT2D eigenvalue weighted by atomic mass is 9.90. The van der Waals surface area contributed by atoms with Crippen LogP contribution >= 0.6 is 0 Å². The fraction of sp³-hybridized carbons (Fsp3) is 0.929. The van der Waals surface area contributed by atoms with Gasteiger partial charge in [0.05, 0.1) is 0 Å². The van der Waals surface area contributed by atoms with E-state index in [1.807, 2.05) is 20.8 Å². The van der Waals surface area contributed by atoms with Crippen molar-refractivity contribution in [1.29, 1.82) is 0 Å². The van der Waals surface area contributed by atoms with E-state index in [9.17, 15) is 4.79 Å². The molecule has 2 N–H and O–H groups in total. The van der Waals surface area contributed by atoms with Crippen LogP contribution in [0.15, 0.2) is 0 Å². The number of carbonyl (C=O) groups is 1. The van der Waals surface area contributed by atoms with Crippen LogP contribution in [0.4, 0.5) is 4.79 Å². The van der Waals surface area contributed by atoms with Gasteiger partial charge in [-0.3, -0.25) is 0 Å². The summed E-state index contributed by atoms with van der Waals surface area (Å²) in [5, 5.41) is 6.54. The lowest BCUT2D eigenvalue weighted by Crippen LogP contribution is -2.54. The van der Waals surface area contributed by atoms with Crippen LogP contribution in [0.5, 0.6) is 0 Å². The first-order valence-electron chi connectivity index (χ1n) is 7.03. The highest BCUT2D eigenvalue weighted by atomic mass is 16.6. The Bertz CT molecular complexity index is 271. The molecule has 0 aromatic carbocycles. The lowest BCUT2D eigenvalue weighted by molar-refractivity contribution is 0.0477. The van der Waals surface area contributed by atoms with Crippen LogP contribution < -0.4 is 10.6 Å². The van der Waals surface area contributed by atoms with Gasteiger partial charge in [0.25, 0.3) is 0 Å². The SMILES string of the molecule is CC(C)N[C@@H]1CCCC[C@H]1NC(=O)OC(C)(C)C. The number of hydrogen-bond donors (Lipinski definition) is 2. The molecule has 4 heteroatoms. The van der Waals surface area contributed by atoms with Crippen molar-refractivity contribution in [2.75, 3.05) is 0 Å². The quantitative estimate of drug-likeness (QED) is 0.816. The second kappa shape index (κ2) is 6.41. The lowest BCUT2D eigenvalue weighted by Gasteiger charge is -2.34. The van der Waals surface area contributed by atoms with E-state index in [0.29, 0.717) is 12.1 Å². The van der Waals surface area contributed by atoms with Gasteiger partial charge in [-0.2, -0.15) is 0 Å². The van der Waals surface area contributed by atoms with E-state index in [0.717, 1.165) is 12.8 Å². The average Bonchev–Trinajstić information content (AvgIpc) is 2.17. The smallest absolute Gasteiger partial charge is 0.407 e. The monoisotopic (exact) mass is 256 g/mol. The summed E-state index contributed by atoms with van der Waals surface area (Å²) in [6, 6.07) is 0.998. The fourth-order valence-electron chi connectivity index (χ4n) is 2.39. The molecule has 0 aliphatic heterocycles. The Balaban J connectivity index is 2.48. The summed E-state index contributed by atoms with van der Waals surface area (Å²) in [5.41, 5.74) is -0.431. The topological polar surface area (TPSA) is 50.4 Å². The van der Waals surface area contributed by atoms with Gasteiger partial charge in [-0.15, -0.1) is 0 Å². The number of rotatable bonds is 3. The molecule has 2 atom stereocenters. The molecule has 0 radical (unpaired) electrons. The summed E-state index contributed by atoms with van der Waals surface area (Å²) in [5.74, 6) is 0. The Hall–Kier alpha value is -0.770. The molecule has 0 aromatic rings. The molecule has 1 saturated carbocycles. The number of ether oxygens (including phenoxy) is 1. The normalized spacial score (nSPS) is 25.0. The van der Waals surface area contributed by atoms with E-state index in [1.54, 1.807) is 0 Å². The second-order valence-electron chi connectivity index (χ2n) is 6.47. The summed E-state index contributed by atoms with van der Waals surface area (Å²) < 4.78 is 5.32. The summed E-state index contributed by atoms with van der Waals surface area (Å²) in [7, 11) is 0. The van der Waals surface area contributed by atoms with E-state index in [-0.39, 0.29) is 12.1 Å². The van der Waals surface area contributed by atoms with Gasteiger partial charge in [0.15, 0.2) is 0 Å². The maximum absolute atomic E-state index is 11.8. The van der Waals surface area contributed by atoms with E-state index in [1.165, 1.54) is 12.8 Å². The molecular weight excluding hydrogens is 228 g/mol. The highest BCUT2D eigenvalue weighted by Crippen LogP contribution is 2.19. The highest BCUT2D eigenvalue weighted by Gasteiger charge is 2.28. The zero-order valence-electron chi connectivity index (χ0n) is 12.4. The third kappa shape index (κ3) is 5.71. The van der Waals surface area contributed by atoms with Gasteiger partial charge in [0, 0.05) is 18.1 Å². The third-order valence-corrected chi connectivity index (χ3v) is 3.02. The summed E-state index contributed by atoms with van der Waals surface area (Å²) in [6.45, 7) is 9.93. The Morgan fingerprint density at radius 2 is 1.72 bits per heavy atom. The van der Waals surface area contributed by atoms with Crippen molar-refractivity contribution in [3.8, 4) is 0 Å². The van der Waals surface area contributed by atoms with Crippen molar-refractivity contribution in [3.63, 3.8) is 0 Å².